The summed E-state index contributed by atoms with van der Waals surface area (Å²) in [5.41, 5.74) is 0. The maximum atomic E-state index is 10.4. The van der Waals surface area contributed by atoms with E-state index in [1.165, 1.54) is 4.80 Å². The van der Waals surface area contributed by atoms with Crippen LogP contribution in [0.5, 0.6) is 0 Å². The molecule has 100 valence electrons. The van der Waals surface area contributed by atoms with Crippen LogP contribution < -0.4 is 0 Å². The van der Waals surface area contributed by atoms with Crippen molar-refractivity contribution >= 4 is 5.82 Å². The SMILES string of the molecule is CC1(CCCCn2ncc([N+](=O)[O-])n2)OCCO1. The number of nitro groups is 1. The summed E-state index contributed by atoms with van der Waals surface area (Å²) in [7, 11) is 0. The van der Waals surface area contributed by atoms with Crippen LogP contribution in [-0.4, -0.2) is 38.9 Å². The van der Waals surface area contributed by atoms with Crippen LogP contribution in [0, 0.1) is 10.1 Å². The van der Waals surface area contributed by atoms with Crippen molar-refractivity contribution in [3.05, 3.63) is 16.3 Å². The summed E-state index contributed by atoms with van der Waals surface area (Å²) in [5, 5.41) is 18.0. The Morgan fingerprint density at radius 2 is 2.22 bits per heavy atom. The first-order chi connectivity index (χ1) is 8.59. The Kier molecular flexibility index (Phi) is 3.87. The molecule has 0 spiro atoms. The minimum atomic E-state index is -0.551. The van der Waals surface area contributed by atoms with E-state index >= 15 is 0 Å². The maximum Gasteiger partial charge on any atom is 0.410 e. The van der Waals surface area contributed by atoms with Crippen LogP contribution in [0.4, 0.5) is 5.82 Å². The molecule has 1 saturated heterocycles. The molecule has 0 aliphatic carbocycles. The Labute approximate surface area is 104 Å². The quantitative estimate of drug-likeness (QED) is 0.430. The van der Waals surface area contributed by atoms with Crippen molar-refractivity contribution in [3.8, 4) is 0 Å². The van der Waals surface area contributed by atoms with Crippen LogP contribution in [0.25, 0.3) is 0 Å². The summed E-state index contributed by atoms with van der Waals surface area (Å²) < 4.78 is 11.0. The number of aryl methyl sites for hydroxylation is 1. The van der Waals surface area contributed by atoms with Gasteiger partial charge in [0.15, 0.2) is 12.0 Å². The highest BCUT2D eigenvalue weighted by molar-refractivity contribution is 5.07. The number of aromatic nitrogens is 3. The molecular weight excluding hydrogens is 240 g/mol. The van der Waals surface area contributed by atoms with Crippen molar-refractivity contribution in [1.82, 2.24) is 15.0 Å². The van der Waals surface area contributed by atoms with Gasteiger partial charge in [0.25, 0.3) is 0 Å². The highest BCUT2D eigenvalue weighted by Crippen LogP contribution is 2.24. The first-order valence-electron chi connectivity index (χ1n) is 5.91. The Balaban J connectivity index is 1.70. The lowest BCUT2D eigenvalue weighted by molar-refractivity contribution is -0.389. The second-order valence-corrected chi connectivity index (χ2v) is 4.34. The number of hydrogen-bond acceptors (Lipinski definition) is 6. The highest BCUT2D eigenvalue weighted by atomic mass is 16.7. The van der Waals surface area contributed by atoms with E-state index in [2.05, 4.69) is 10.2 Å². The fourth-order valence-corrected chi connectivity index (χ4v) is 1.88. The molecular formula is C10H16N4O4. The van der Waals surface area contributed by atoms with Crippen molar-refractivity contribution in [3.63, 3.8) is 0 Å². The van der Waals surface area contributed by atoms with Gasteiger partial charge in [-0.05, 0) is 24.7 Å². The van der Waals surface area contributed by atoms with Gasteiger partial charge in [0.1, 0.15) is 0 Å². The fraction of sp³-hybridized carbons (Fsp3) is 0.800. The molecule has 1 aromatic rings. The van der Waals surface area contributed by atoms with Crippen LogP contribution in [0.3, 0.4) is 0 Å². The zero-order chi connectivity index (χ0) is 13.0. The van der Waals surface area contributed by atoms with Gasteiger partial charge < -0.3 is 19.6 Å². The third-order valence-corrected chi connectivity index (χ3v) is 2.85. The minimum Gasteiger partial charge on any atom is -0.358 e. The predicted octanol–water partition coefficient (Wildman–Crippen LogP) is 1.12. The molecule has 0 amide bonds. The number of nitrogens with zero attached hydrogens (tertiary/aromatic N) is 4. The Hall–Kier alpha value is -1.54. The van der Waals surface area contributed by atoms with Gasteiger partial charge in [-0.25, -0.2) is 0 Å². The Morgan fingerprint density at radius 1 is 1.50 bits per heavy atom. The molecule has 1 aliphatic rings. The molecule has 0 N–H and O–H groups in total. The van der Waals surface area contributed by atoms with E-state index in [-0.39, 0.29) is 5.82 Å². The summed E-state index contributed by atoms with van der Waals surface area (Å²) in [6, 6.07) is 0. The van der Waals surface area contributed by atoms with Crippen molar-refractivity contribution in [1.29, 1.82) is 0 Å². The van der Waals surface area contributed by atoms with E-state index in [1.807, 2.05) is 6.92 Å². The van der Waals surface area contributed by atoms with E-state index in [9.17, 15) is 10.1 Å². The second kappa shape index (κ2) is 5.40. The summed E-state index contributed by atoms with van der Waals surface area (Å²) in [4.78, 5) is 11.2. The van der Waals surface area contributed by atoms with Crippen molar-refractivity contribution in [2.24, 2.45) is 0 Å². The lowest BCUT2D eigenvalue weighted by Gasteiger charge is -2.21. The zero-order valence-corrected chi connectivity index (χ0v) is 10.2. The summed E-state index contributed by atoms with van der Waals surface area (Å²) in [5.74, 6) is -0.687. The Bertz CT molecular complexity index is 414. The number of hydrogen-bond donors (Lipinski definition) is 0. The van der Waals surface area contributed by atoms with Gasteiger partial charge in [-0.1, -0.05) is 4.80 Å². The summed E-state index contributed by atoms with van der Waals surface area (Å²) >= 11 is 0. The summed E-state index contributed by atoms with van der Waals surface area (Å²) in [6.07, 6.45) is 3.68. The van der Waals surface area contributed by atoms with Gasteiger partial charge >= 0.3 is 5.82 Å². The third kappa shape index (κ3) is 3.23. The average Bonchev–Trinajstić information content (AvgIpc) is 2.94. The normalized spacial score (nSPS) is 18.1. The lowest BCUT2D eigenvalue weighted by atomic mass is 10.1. The molecule has 0 radical (unpaired) electrons. The molecule has 0 atom stereocenters. The number of unbranched alkanes of at least 4 members (excludes halogenated alkanes) is 1. The van der Waals surface area contributed by atoms with E-state index in [0.717, 1.165) is 25.5 Å². The molecule has 18 heavy (non-hydrogen) atoms. The molecule has 0 bridgehead atoms. The molecule has 1 fully saturated rings. The first kappa shape index (κ1) is 12.9. The largest absolute Gasteiger partial charge is 0.410 e. The predicted molar refractivity (Wildman–Crippen MR) is 60.8 cm³/mol. The van der Waals surface area contributed by atoms with Crippen LogP contribution >= 0.6 is 0 Å². The lowest BCUT2D eigenvalue weighted by Crippen LogP contribution is -2.25. The first-order valence-corrected chi connectivity index (χ1v) is 5.91. The molecule has 8 heteroatoms. The summed E-state index contributed by atoms with van der Waals surface area (Å²) in [6.45, 7) is 3.77. The molecule has 0 saturated carbocycles. The van der Waals surface area contributed by atoms with Crippen LogP contribution in [0.15, 0.2) is 6.20 Å². The van der Waals surface area contributed by atoms with Crippen LogP contribution in [0.1, 0.15) is 26.2 Å². The van der Waals surface area contributed by atoms with Gasteiger partial charge in [0.05, 0.1) is 24.9 Å². The molecule has 0 aromatic carbocycles. The monoisotopic (exact) mass is 256 g/mol. The highest BCUT2D eigenvalue weighted by Gasteiger charge is 2.29. The second-order valence-electron chi connectivity index (χ2n) is 4.34. The van der Waals surface area contributed by atoms with Crippen molar-refractivity contribution in [2.45, 2.75) is 38.5 Å². The smallest absolute Gasteiger partial charge is 0.358 e. The standard InChI is InChI=1S/C10H16N4O4/c1-10(17-6-7-18-10)4-2-3-5-13-11-8-9(12-13)14(15)16/h8H,2-7H2,1H3. The molecule has 2 rings (SSSR count). The molecule has 0 unspecified atom stereocenters. The zero-order valence-electron chi connectivity index (χ0n) is 10.2. The van der Waals surface area contributed by atoms with E-state index in [1.54, 1.807) is 0 Å². The van der Waals surface area contributed by atoms with E-state index < -0.39 is 10.7 Å². The average molecular weight is 256 g/mol. The van der Waals surface area contributed by atoms with Crippen LogP contribution in [-0.2, 0) is 16.0 Å². The molecule has 1 aliphatic heterocycles. The van der Waals surface area contributed by atoms with Gasteiger partial charge in [-0.15, -0.1) is 5.10 Å². The fourth-order valence-electron chi connectivity index (χ4n) is 1.88. The number of ether oxygens (including phenoxy) is 2. The molecule has 8 nitrogen and oxygen atoms in total. The van der Waals surface area contributed by atoms with Gasteiger partial charge in [-0.3, -0.25) is 0 Å². The van der Waals surface area contributed by atoms with Crippen molar-refractivity contribution < 1.29 is 14.4 Å². The molecule has 2 heterocycles. The van der Waals surface area contributed by atoms with Gasteiger partial charge in [0, 0.05) is 6.42 Å². The van der Waals surface area contributed by atoms with Crippen molar-refractivity contribution in [2.75, 3.05) is 13.2 Å². The van der Waals surface area contributed by atoms with E-state index in [4.69, 9.17) is 9.47 Å². The minimum absolute atomic E-state index is 0.218. The van der Waals surface area contributed by atoms with Gasteiger partial charge in [0.2, 0.25) is 0 Å². The third-order valence-electron chi connectivity index (χ3n) is 2.85. The molecule has 1 aromatic heterocycles. The topological polar surface area (TPSA) is 92.3 Å². The Morgan fingerprint density at radius 3 is 2.83 bits per heavy atom. The van der Waals surface area contributed by atoms with E-state index in [0.29, 0.717) is 19.8 Å². The number of rotatable bonds is 6. The van der Waals surface area contributed by atoms with Gasteiger partial charge in [-0.2, -0.15) is 0 Å². The maximum absolute atomic E-state index is 10.4. The van der Waals surface area contributed by atoms with Crippen LogP contribution in [0.2, 0.25) is 0 Å².